The van der Waals surface area contributed by atoms with E-state index in [0.29, 0.717) is 32.3 Å². The zero-order valence-electron chi connectivity index (χ0n) is 13.8. The molecule has 128 valence electrons. The second-order valence-corrected chi connectivity index (χ2v) is 6.43. The van der Waals surface area contributed by atoms with Crippen LogP contribution in [-0.2, 0) is 0 Å². The highest BCUT2D eigenvalue weighted by Gasteiger charge is 2.13. The Kier molecular flexibility index (Phi) is 6.15. The highest BCUT2D eigenvalue weighted by Crippen LogP contribution is 2.36. The van der Waals surface area contributed by atoms with Gasteiger partial charge in [0, 0.05) is 6.07 Å². The van der Waals surface area contributed by atoms with Crippen molar-refractivity contribution in [3.63, 3.8) is 0 Å². The smallest absolute Gasteiger partial charge is 0.175 e. The standard InChI is InChI=1S/C17H18Cl2N2O2S/c1-9-5-10(2)16(12(19)6-9)21-17(24)20-13-7-11(18)14(22-3)8-15(13)23-4/h5-8H,1-4H3,(H2,20,21,24). The van der Waals surface area contributed by atoms with Gasteiger partial charge in [0.2, 0.25) is 0 Å². The lowest BCUT2D eigenvalue weighted by Gasteiger charge is -2.17. The maximum Gasteiger partial charge on any atom is 0.175 e. The lowest BCUT2D eigenvalue weighted by atomic mass is 10.1. The van der Waals surface area contributed by atoms with E-state index >= 15 is 0 Å². The number of hydrogen-bond donors (Lipinski definition) is 2. The van der Waals surface area contributed by atoms with Gasteiger partial charge in [0.05, 0.1) is 35.6 Å². The first-order chi connectivity index (χ1) is 11.3. The van der Waals surface area contributed by atoms with Crippen LogP contribution in [0.2, 0.25) is 10.0 Å². The van der Waals surface area contributed by atoms with Crippen molar-refractivity contribution in [1.82, 2.24) is 0 Å². The van der Waals surface area contributed by atoms with Gasteiger partial charge in [0.25, 0.3) is 0 Å². The van der Waals surface area contributed by atoms with Crippen LogP contribution >= 0.6 is 35.4 Å². The Morgan fingerprint density at radius 3 is 2.17 bits per heavy atom. The van der Waals surface area contributed by atoms with Crippen molar-refractivity contribution in [2.45, 2.75) is 13.8 Å². The van der Waals surface area contributed by atoms with Gasteiger partial charge in [0.15, 0.2) is 5.11 Å². The van der Waals surface area contributed by atoms with Crippen molar-refractivity contribution in [2.24, 2.45) is 0 Å². The SMILES string of the molecule is COc1cc(OC)c(NC(=S)Nc2c(C)cc(C)cc2Cl)cc1Cl. The normalized spacial score (nSPS) is 10.2. The molecule has 0 atom stereocenters. The molecule has 0 aliphatic carbocycles. The maximum absolute atomic E-state index is 6.29. The van der Waals surface area contributed by atoms with E-state index in [9.17, 15) is 0 Å². The average Bonchev–Trinajstić information content (AvgIpc) is 2.51. The number of nitrogens with one attached hydrogen (secondary N) is 2. The number of aryl methyl sites for hydroxylation is 2. The quantitative estimate of drug-likeness (QED) is 0.687. The van der Waals surface area contributed by atoms with Gasteiger partial charge in [-0.15, -0.1) is 0 Å². The lowest BCUT2D eigenvalue weighted by Crippen LogP contribution is -2.20. The van der Waals surface area contributed by atoms with Crippen molar-refractivity contribution < 1.29 is 9.47 Å². The fourth-order valence-electron chi connectivity index (χ4n) is 2.30. The van der Waals surface area contributed by atoms with E-state index in [-0.39, 0.29) is 0 Å². The summed E-state index contributed by atoms with van der Waals surface area (Å²) in [6.45, 7) is 3.96. The fourth-order valence-corrected chi connectivity index (χ4v) is 3.12. The fraction of sp³-hybridized carbons (Fsp3) is 0.235. The molecular weight excluding hydrogens is 367 g/mol. The van der Waals surface area contributed by atoms with Gasteiger partial charge in [-0.3, -0.25) is 0 Å². The molecule has 4 nitrogen and oxygen atoms in total. The van der Waals surface area contributed by atoms with Crippen molar-refractivity contribution in [2.75, 3.05) is 24.9 Å². The summed E-state index contributed by atoms with van der Waals surface area (Å²) in [4.78, 5) is 0. The summed E-state index contributed by atoms with van der Waals surface area (Å²) in [5, 5.41) is 7.62. The molecule has 2 aromatic rings. The van der Waals surface area contributed by atoms with Crippen molar-refractivity contribution in [3.8, 4) is 11.5 Å². The Labute approximate surface area is 157 Å². The molecule has 0 saturated heterocycles. The van der Waals surface area contributed by atoms with E-state index in [1.807, 2.05) is 26.0 Å². The minimum absolute atomic E-state index is 0.378. The number of halogens is 2. The zero-order chi connectivity index (χ0) is 17.9. The summed E-state index contributed by atoms with van der Waals surface area (Å²) >= 11 is 17.8. The van der Waals surface area contributed by atoms with Gasteiger partial charge in [-0.25, -0.2) is 0 Å². The van der Waals surface area contributed by atoms with Crippen LogP contribution in [0, 0.1) is 13.8 Å². The number of anilines is 2. The summed E-state index contributed by atoms with van der Waals surface area (Å²) in [5.74, 6) is 1.09. The summed E-state index contributed by atoms with van der Waals surface area (Å²) < 4.78 is 10.5. The van der Waals surface area contributed by atoms with Gasteiger partial charge in [0.1, 0.15) is 11.5 Å². The van der Waals surface area contributed by atoms with Crippen LogP contribution in [0.5, 0.6) is 11.5 Å². The van der Waals surface area contributed by atoms with Crippen molar-refractivity contribution in [3.05, 3.63) is 45.4 Å². The first-order valence-corrected chi connectivity index (χ1v) is 8.28. The van der Waals surface area contributed by atoms with E-state index in [4.69, 9.17) is 44.9 Å². The molecule has 24 heavy (non-hydrogen) atoms. The van der Waals surface area contributed by atoms with Crippen molar-refractivity contribution >= 4 is 51.9 Å². The molecule has 2 N–H and O–H groups in total. The number of hydrogen-bond acceptors (Lipinski definition) is 3. The van der Waals surface area contributed by atoms with Crippen molar-refractivity contribution in [1.29, 1.82) is 0 Å². The lowest BCUT2D eigenvalue weighted by molar-refractivity contribution is 0.396. The van der Waals surface area contributed by atoms with Gasteiger partial charge >= 0.3 is 0 Å². The van der Waals surface area contributed by atoms with E-state index in [2.05, 4.69) is 10.6 Å². The topological polar surface area (TPSA) is 42.5 Å². The van der Waals surface area contributed by atoms with Crippen LogP contribution in [0.25, 0.3) is 0 Å². The predicted octanol–water partition coefficient (Wildman–Crippen LogP) is 5.44. The molecule has 0 heterocycles. The zero-order valence-corrected chi connectivity index (χ0v) is 16.1. The summed E-state index contributed by atoms with van der Waals surface area (Å²) in [5.41, 5.74) is 3.48. The Morgan fingerprint density at radius 1 is 0.917 bits per heavy atom. The van der Waals surface area contributed by atoms with Crippen LogP contribution in [-0.4, -0.2) is 19.3 Å². The molecular formula is C17H18Cl2N2O2S. The summed E-state index contributed by atoms with van der Waals surface area (Å²) in [6.07, 6.45) is 0. The Hall–Kier alpha value is -1.69. The number of thiocarbonyl (C=S) groups is 1. The molecule has 2 aromatic carbocycles. The molecule has 0 radical (unpaired) electrons. The third-order valence-corrected chi connectivity index (χ3v) is 4.19. The first kappa shape index (κ1) is 18.6. The molecule has 0 aromatic heterocycles. The molecule has 0 aliphatic heterocycles. The molecule has 0 unspecified atom stereocenters. The highest BCUT2D eigenvalue weighted by molar-refractivity contribution is 7.80. The van der Waals surface area contributed by atoms with E-state index < -0.39 is 0 Å². The van der Waals surface area contributed by atoms with Gasteiger partial charge in [-0.2, -0.15) is 0 Å². The summed E-state index contributed by atoms with van der Waals surface area (Å²) in [7, 11) is 3.10. The largest absolute Gasteiger partial charge is 0.495 e. The van der Waals surface area contributed by atoms with E-state index in [0.717, 1.165) is 16.8 Å². The summed E-state index contributed by atoms with van der Waals surface area (Å²) in [6, 6.07) is 7.29. The molecule has 0 bridgehead atoms. The van der Waals surface area contributed by atoms with Crippen LogP contribution in [0.15, 0.2) is 24.3 Å². The van der Waals surface area contributed by atoms with Gasteiger partial charge in [-0.05, 0) is 49.3 Å². The van der Waals surface area contributed by atoms with E-state index in [1.54, 1.807) is 26.4 Å². The van der Waals surface area contributed by atoms with Gasteiger partial charge in [-0.1, -0.05) is 29.3 Å². The van der Waals surface area contributed by atoms with Crippen LogP contribution in [0.4, 0.5) is 11.4 Å². The Balaban J connectivity index is 2.23. The maximum atomic E-state index is 6.29. The molecule has 0 fully saturated rings. The second-order valence-electron chi connectivity index (χ2n) is 5.20. The van der Waals surface area contributed by atoms with Gasteiger partial charge < -0.3 is 20.1 Å². The molecule has 0 spiro atoms. The number of methoxy groups -OCH3 is 2. The van der Waals surface area contributed by atoms with Crippen LogP contribution in [0.1, 0.15) is 11.1 Å². The average molecular weight is 385 g/mol. The third kappa shape index (κ3) is 4.23. The minimum atomic E-state index is 0.378. The minimum Gasteiger partial charge on any atom is -0.495 e. The molecule has 0 amide bonds. The number of ether oxygens (including phenoxy) is 2. The highest BCUT2D eigenvalue weighted by atomic mass is 35.5. The number of benzene rings is 2. The Morgan fingerprint density at radius 2 is 1.58 bits per heavy atom. The monoisotopic (exact) mass is 384 g/mol. The van der Waals surface area contributed by atoms with Crippen LogP contribution in [0.3, 0.4) is 0 Å². The van der Waals surface area contributed by atoms with Crippen LogP contribution < -0.4 is 20.1 Å². The third-order valence-electron chi connectivity index (χ3n) is 3.39. The predicted molar refractivity (Wildman–Crippen MR) is 105 cm³/mol. The molecule has 0 aliphatic rings. The van der Waals surface area contributed by atoms with E-state index in [1.165, 1.54) is 0 Å². The number of rotatable bonds is 4. The first-order valence-electron chi connectivity index (χ1n) is 7.12. The molecule has 2 rings (SSSR count). The molecule has 0 saturated carbocycles. The molecule has 7 heteroatoms. The second kappa shape index (κ2) is 7.92. The Bertz CT molecular complexity index is 758.